The Morgan fingerprint density at radius 2 is 1.85 bits per heavy atom. The van der Waals surface area contributed by atoms with Gasteiger partial charge in [0.05, 0.1) is 18.3 Å². The molecule has 4 heterocycles. The van der Waals surface area contributed by atoms with Crippen LogP contribution >= 0.6 is 0 Å². The first-order valence-corrected chi connectivity index (χ1v) is 10.6. The molecule has 0 radical (unpaired) electrons. The van der Waals surface area contributed by atoms with E-state index in [1.807, 2.05) is 0 Å². The number of benzene rings is 1. The highest BCUT2D eigenvalue weighted by Gasteiger charge is 2.65. The Morgan fingerprint density at radius 3 is 2.70 bits per heavy atom. The summed E-state index contributed by atoms with van der Waals surface area (Å²) < 4.78 is 32.0. The van der Waals surface area contributed by atoms with Gasteiger partial charge >= 0.3 is 0 Å². The summed E-state index contributed by atoms with van der Waals surface area (Å²) in [6, 6.07) is 8.61. The molecule has 146 valence electrons. The maximum atomic E-state index is 6.51. The molecule has 0 amide bonds. The van der Waals surface area contributed by atoms with E-state index in [9.17, 15) is 0 Å². The lowest BCUT2D eigenvalue weighted by Gasteiger charge is -2.36. The van der Waals surface area contributed by atoms with Crippen LogP contribution in [-0.2, 0) is 23.7 Å². The predicted octanol–water partition coefficient (Wildman–Crippen LogP) is 3.64. The van der Waals surface area contributed by atoms with Gasteiger partial charge in [0.25, 0.3) is 0 Å². The second-order valence-corrected chi connectivity index (χ2v) is 8.85. The summed E-state index contributed by atoms with van der Waals surface area (Å²) in [5.41, 5.74) is 2.48. The van der Waals surface area contributed by atoms with Crippen molar-refractivity contribution in [2.75, 3.05) is 6.61 Å². The Balaban J connectivity index is 1.26. The maximum absolute atomic E-state index is 6.51. The van der Waals surface area contributed by atoms with Gasteiger partial charge in [-0.1, -0.05) is 36.2 Å². The molecule has 0 N–H and O–H groups in total. The Bertz CT molecular complexity index is 714. The van der Waals surface area contributed by atoms with Crippen LogP contribution in [0.1, 0.15) is 55.8 Å². The van der Waals surface area contributed by atoms with E-state index in [0.29, 0.717) is 0 Å². The zero-order valence-corrected chi connectivity index (χ0v) is 15.8. The molecular weight excluding hydrogens is 344 g/mol. The molecule has 5 nitrogen and oxygen atoms in total. The van der Waals surface area contributed by atoms with Gasteiger partial charge in [0.15, 0.2) is 12.1 Å². The standard InChI is InChI=1S/C22H28O5/c1-13-6-5-7-14(12-13)17-16-15(8-11-23-17)24-19-18(16)25-21-20(19)26-22(27-21)9-3-2-4-10-22/h5-7,12,15-21H,2-4,8-11H2,1H3/t15-,16-,17-,18+,19-,20+,21+/m0/s1. The van der Waals surface area contributed by atoms with Gasteiger partial charge in [-0.3, -0.25) is 0 Å². The van der Waals surface area contributed by atoms with Crippen molar-refractivity contribution in [3.63, 3.8) is 0 Å². The molecule has 0 bridgehead atoms. The summed E-state index contributed by atoms with van der Waals surface area (Å²) in [4.78, 5) is 0. The first kappa shape index (κ1) is 16.9. The quantitative estimate of drug-likeness (QED) is 0.753. The average molecular weight is 372 g/mol. The van der Waals surface area contributed by atoms with Crippen LogP contribution in [-0.4, -0.2) is 43.1 Å². The van der Waals surface area contributed by atoms with Gasteiger partial charge in [-0.05, 0) is 31.7 Å². The van der Waals surface area contributed by atoms with Crippen molar-refractivity contribution in [3.8, 4) is 0 Å². The second kappa shape index (κ2) is 6.26. The summed E-state index contributed by atoms with van der Waals surface area (Å²) in [7, 11) is 0. The SMILES string of the molecule is Cc1cccc([C@@H]2OCC[C@@H]3O[C@@H]4[C@H]5OC6(CCCCC6)O[C@H]5O[C@@H]4[C@@H]32)c1. The highest BCUT2D eigenvalue weighted by molar-refractivity contribution is 5.26. The topological polar surface area (TPSA) is 46.2 Å². The van der Waals surface area contributed by atoms with Gasteiger partial charge in [-0.15, -0.1) is 0 Å². The molecule has 0 unspecified atom stereocenters. The molecule has 1 aromatic rings. The Morgan fingerprint density at radius 1 is 0.963 bits per heavy atom. The summed E-state index contributed by atoms with van der Waals surface area (Å²) >= 11 is 0. The average Bonchev–Trinajstić information content (AvgIpc) is 3.30. The number of ether oxygens (including phenoxy) is 5. The molecule has 5 heteroatoms. The largest absolute Gasteiger partial charge is 0.373 e. The molecular formula is C22H28O5. The summed E-state index contributed by atoms with van der Waals surface area (Å²) in [5, 5.41) is 0. The van der Waals surface area contributed by atoms with E-state index in [1.54, 1.807) is 0 Å². The maximum Gasteiger partial charge on any atom is 0.190 e. The molecule has 5 aliphatic rings. The van der Waals surface area contributed by atoms with Crippen LogP contribution in [0, 0.1) is 12.8 Å². The van der Waals surface area contributed by atoms with Gasteiger partial charge < -0.3 is 23.7 Å². The van der Waals surface area contributed by atoms with E-state index >= 15 is 0 Å². The number of fused-ring (bicyclic) bond motifs is 5. The summed E-state index contributed by atoms with van der Waals surface area (Å²) in [6.07, 6.45) is 6.22. The fraction of sp³-hybridized carbons (Fsp3) is 0.727. The van der Waals surface area contributed by atoms with E-state index in [4.69, 9.17) is 23.7 Å². The zero-order valence-electron chi connectivity index (χ0n) is 15.8. The fourth-order valence-electron chi connectivity index (χ4n) is 5.87. The number of hydrogen-bond acceptors (Lipinski definition) is 5. The third-order valence-corrected chi connectivity index (χ3v) is 7.06. The van der Waals surface area contributed by atoms with Crippen molar-refractivity contribution >= 4 is 0 Å². The summed E-state index contributed by atoms with van der Waals surface area (Å²) in [5.74, 6) is -0.229. The minimum absolute atomic E-state index is 0.0149. The van der Waals surface area contributed by atoms with Crippen molar-refractivity contribution in [2.45, 2.75) is 88.0 Å². The molecule has 4 saturated heterocycles. The van der Waals surface area contributed by atoms with Crippen LogP contribution in [0.5, 0.6) is 0 Å². The van der Waals surface area contributed by atoms with E-state index < -0.39 is 5.79 Å². The van der Waals surface area contributed by atoms with Crippen molar-refractivity contribution in [1.82, 2.24) is 0 Å². The highest BCUT2D eigenvalue weighted by atomic mass is 16.8. The Kier molecular flexibility index (Phi) is 3.92. The molecule has 0 aromatic heterocycles. The normalized spacial score (nSPS) is 44.9. The van der Waals surface area contributed by atoms with Crippen LogP contribution in [0.2, 0.25) is 0 Å². The van der Waals surface area contributed by atoms with Crippen molar-refractivity contribution in [3.05, 3.63) is 35.4 Å². The highest BCUT2D eigenvalue weighted by Crippen LogP contribution is 2.53. The number of hydrogen-bond donors (Lipinski definition) is 0. The zero-order chi connectivity index (χ0) is 18.0. The van der Waals surface area contributed by atoms with Crippen molar-refractivity contribution in [2.24, 2.45) is 5.92 Å². The molecule has 27 heavy (non-hydrogen) atoms. The van der Waals surface area contributed by atoms with Crippen LogP contribution in [0.15, 0.2) is 24.3 Å². The predicted molar refractivity (Wildman–Crippen MR) is 97.1 cm³/mol. The molecule has 1 aliphatic carbocycles. The molecule has 6 rings (SSSR count). The second-order valence-electron chi connectivity index (χ2n) is 8.85. The van der Waals surface area contributed by atoms with Crippen LogP contribution in [0.3, 0.4) is 0 Å². The Labute approximate surface area is 160 Å². The third-order valence-electron chi connectivity index (χ3n) is 7.06. The smallest absolute Gasteiger partial charge is 0.190 e. The van der Waals surface area contributed by atoms with Gasteiger partial charge in [-0.25, -0.2) is 0 Å². The van der Waals surface area contributed by atoms with Gasteiger partial charge in [0.2, 0.25) is 0 Å². The fourth-order valence-corrected chi connectivity index (χ4v) is 5.87. The Hall–Kier alpha value is -0.980. The molecule has 7 atom stereocenters. The monoisotopic (exact) mass is 372 g/mol. The number of aryl methyl sites for hydroxylation is 1. The minimum Gasteiger partial charge on any atom is -0.373 e. The number of rotatable bonds is 1. The van der Waals surface area contributed by atoms with Crippen LogP contribution in [0.25, 0.3) is 0 Å². The first-order chi connectivity index (χ1) is 13.2. The molecule has 5 fully saturated rings. The lowest BCUT2D eigenvalue weighted by atomic mass is 9.83. The summed E-state index contributed by atoms with van der Waals surface area (Å²) in [6.45, 7) is 2.86. The third kappa shape index (κ3) is 2.63. The molecule has 1 spiro atoms. The molecule has 1 saturated carbocycles. The van der Waals surface area contributed by atoms with Crippen LogP contribution < -0.4 is 0 Å². The van der Waals surface area contributed by atoms with Crippen molar-refractivity contribution < 1.29 is 23.7 Å². The van der Waals surface area contributed by atoms with E-state index in [2.05, 4.69) is 31.2 Å². The first-order valence-electron chi connectivity index (χ1n) is 10.6. The minimum atomic E-state index is -0.428. The molecule has 1 aromatic carbocycles. The lowest BCUT2D eigenvalue weighted by molar-refractivity contribution is -0.245. The molecule has 4 aliphatic heterocycles. The van der Waals surface area contributed by atoms with Crippen LogP contribution in [0.4, 0.5) is 0 Å². The van der Waals surface area contributed by atoms with Gasteiger partial charge in [0, 0.05) is 25.4 Å². The van der Waals surface area contributed by atoms with Gasteiger partial charge in [0.1, 0.15) is 12.2 Å². The van der Waals surface area contributed by atoms with E-state index in [1.165, 1.54) is 30.4 Å². The lowest BCUT2D eigenvalue weighted by Crippen LogP contribution is -2.40. The van der Waals surface area contributed by atoms with E-state index in [0.717, 1.165) is 25.9 Å². The van der Waals surface area contributed by atoms with E-state index in [-0.39, 0.29) is 42.7 Å². The van der Waals surface area contributed by atoms with Gasteiger partial charge in [-0.2, -0.15) is 0 Å². The van der Waals surface area contributed by atoms with Crippen molar-refractivity contribution in [1.29, 1.82) is 0 Å².